The second-order valence-electron chi connectivity index (χ2n) is 5.56. The molecule has 2 rings (SSSR count). The van der Waals surface area contributed by atoms with Crippen LogP contribution in [0.2, 0.25) is 0 Å². The Morgan fingerprint density at radius 2 is 1.87 bits per heavy atom. The van der Waals surface area contributed by atoms with Gasteiger partial charge < -0.3 is 9.84 Å². The van der Waals surface area contributed by atoms with Gasteiger partial charge in [0.05, 0.1) is 12.7 Å². The molecule has 0 aliphatic heterocycles. The van der Waals surface area contributed by atoms with Crippen molar-refractivity contribution in [1.82, 2.24) is 0 Å². The number of hydrogen-bond donors (Lipinski definition) is 1. The van der Waals surface area contributed by atoms with Gasteiger partial charge in [0.2, 0.25) is 0 Å². The van der Waals surface area contributed by atoms with Crippen LogP contribution in [0.4, 0.5) is 0 Å². The molecule has 1 unspecified atom stereocenters. The molecule has 0 saturated carbocycles. The molecule has 0 saturated heterocycles. The van der Waals surface area contributed by atoms with Gasteiger partial charge in [-0.1, -0.05) is 42.5 Å². The molecule has 4 nitrogen and oxygen atoms in total. The Kier molecular flexibility index (Phi) is 6.29. The lowest BCUT2D eigenvalue weighted by molar-refractivity contribution is -0.145. The first kappa shape index (κ1) is 17.2. The third-order valence-corrected chi connectivity index (χ3v) is 3.74. The lowest BCUT2D eigenvalue weighted by Gasteiger charge is -2.11. The summed E-state index contributed by atoms with van der Waals surface area (Å²) in [7, 11) is 0. The number of aliphatic hydroxyl groups is 1. The first-order valence-electron chi connectivity index (χ1n) is 7.92. The Bertz CT molecular complexity index is 673. The molecule has 0 aliphatic rings. The second kappa shape index (κ2) is 8.44. The Morgan fingerprint density at radius 3 is 2.65 bits per heavy atom. The minimum absolute atomic E-state index is 0.0103. The third-order valence-electron chi connectivity index (χ3n) is 3.74. The van der Waals surface area contributed by atoms with E-state index in [0.717, 1.165) is 10.9 Å². The highest BCUT2D eigenvalue weighted by Gasteiger charge is 2.15. The van der Waals surface area contributed by atoms with Crippen molar-refractivity contribution in [3.8, 4) is 0 Å². The highest BCUT2D eigenvalue weighted by atomic mass is 16.5. The van der Waals surface area contributed by atoms with Gasteiger partial charge in [0, 0.05) is 6.42 Å². The number of carbonyl (C=O) groups is 2. The Balaban J connectivity index is 1.87. The van der Waals surface area contributed by atoms with E-state index in [2.05, 4.69) is 18.2 Å². The first-order valence-corrected chi connectivity index (χ1v) is 7.92. The number of carbonyl (C=O) groups excluding carboxylic acids is 2. The average Bonchev–Trinajstić information content (AvgIpc) is 2.52. The van der Waals surface area contributed by atoms with Crippen LogP contribution >= 0.6 is 0 Å². The topological polar surface area (TPSA) is 63.6 Å². The SMILES string of the molecule is CCOC(=O)CC(=O)CC(O)CCc1cccc2ccccc12. The molecule has 1 atom stereocenters. The summed E-state index contributed by atoms with van der Waals surface area (Å²) >= 11 is 0. The Morgan fingerprint density at radius 1 is 1.13 bits per heavy atom. The fourth-order valence-electron chi connectivity index (χ4n) is 2.64. The fraction of sp³-hybridized carbons (Fsp3) is 0.368. The van der Waals surface area contributed by atoms with Crippen molar-refractivity contribution in [3.63, 3.8) is 0 Å². The molecule has 2 aromatic carbocycles. The van der Waals surface area contributed by atoms with Crippen molar-refractivity contribution in [2.24, 2.45) is 0 Å². The minimum atomic E-state index is -0.740. The molecule has 0 aromatic heterocycles. The summed E-state index contributed by atoms with van der Waals surface area (Å²) in [5.74, 6) is -0.812. The number of Topliss-reactive ketones (excluding diaryl/α,β-unsaturated/α-hetero) is 1. The van der Waals surface area contributed by atoms with E-state index in [0.29, 0.717) is 12.8 Å². The quantitative estimate of drug-likeness (QED) is 0.601. The standard InChI is InChI=1S/C19H22O4/c1-2-23-19(22)13-17(21)12-16(20)11-10-15-8-5-7-14-6-3-4-9-18(14)15/h3-9,16,20H,2,10-13H2,1H3. The van der Waals surface area contributed by atoms with Crippen LogP contribution in [0, 0.1) is 0 Å². The van der Waals surface area contributed by atoms with Crippen LogP contribution in [0.3, 0.4) is 0 Å². The number of benzene rings is 2. The lowest BCUT2D eigenvalue weighted by atomic mass is 9.98. The molecule has 0 aliphatic carbocycles. The predicted octanol–water partition coefficient (Wildman–Crippen LogP) is 3.05. The van der Waals surface area contributed by atoms with E-state index in [-0.39, 0.29) is 25.2 Å². The highest BCUT2D eigenvalue weighted by molar-refractivity contribution is 5.95. The largest absolute Gasteiger partial charge is 0.466 e. The molecular weight excluding hydrogens is 292 g/mol. The van der Waals surface area contributed by atoms with Gasteiger partial charge in [0.15, 0.2) is 0 Å². The average molecular weight is 314 g/mol. The van der Waals surface area contributed by atoms with E-state index in [9.17, 15) is 14.7 Å². The smallest absolute Gasteiger partial charge is 0.313 e. The van der Waals surface area contributed by atoms with E-state index < -0.39 is 12.1 Å². The van der Waals surface area contributed by atoms with Gasteiger partial charge in [0.25, 0.3) is 0 Å². The maximum absolute atomic E-state index is 11.7. The van der Waals surface area contributed by atoms with Gasteiger partial charge in [-0.05, 0) is 36.1 Å². The van der Waals surface area contributed by atoms with Crippen molar-refractivity contribution >= 4 is 22.5 Å². The molecule has 1 N–H and O–H groups in total. The summed E-state index contributed by atoms with van der Waals surface area (Å²) in [5.41, 5.74) is 1.15. The van der Waals surface area contributed by atoms with Crippen LogP contribution in [-0.4, -0.2) is 29.6 Å². The number of ketones is 1. The normalized spacial score (nSPS) is 12.1. The summed E-state index contributed by atoms with van der Waals surface area (Å²) in [5, 5.41) is 12.4. The van der Waals surface area contributed by atoms with Crippen LogP contribution in [0.15, 0.2) is 42.5 Å². The van der Waals surface area contributed by atoms with Crippen LogP contribution in [0.1, 0.15) is 31.7 Å². The van der Waals surface area contributed by atoms with Gasteiger partial charge in [-0.15, -0.1) is 0 Å². The fourth-order valence-corrected chi connectivity index (χ4v) is 2.64. The third kappa shape index (κ3) is 5.18. The summed E-state index contributed by atoms with van der Waals surface area (Å²) in [6, 6.07) is 14.2. The lowest BCUT2D eigenvalue weighted by Crippen LogP contribution is -2.18. The number of ether oxygens (including phenoxy) is 1. The predicted molar refractivity (Wildman–Crippen MR) is 89.1 cm³/mol. The van der Waals surface area contributed by atoms with E-state index in [4.69, 9.17) is 4.74 Å². The van der Waals surface area contributed by atoms with Gasteiger partial charge in [-0.25, -0.2) is 0 Å². The van der Waals surface area contributed by atoms with Crippen molar-refractivity contribution in [3.05, 3.63) is 48.0 Å². The molecule has 0 bridgehead atoms. The molecule has 0 heterocycles. The van der Waals surface area contributed by atoms with Crippen LogP contribution in [0.5, 0.6) is 0 Å². The second-order valence-corrected chi connectivity index (χ2v) is 5.56. The van der Waals surface area contributed by atoms with E-state index in [1.165, 1.54) is 5.39 Å². The van der Waals surface area contributed by atoms with E-state index >= 15 is 0 Å². The molecule has 0 fully saturated rings. The Hall–Kier alpha value is -2.20. The monoisotopic (exact) mass is 314 g/mol. The first-order chi connectivity index (χ1) is 11.1. The molecule has 0 radical (unpaired) electrons. The van der Waals surface area contributed by atoms with Crippen molar-refractivity contribution in [2.75, 3.05) is 6.61 Å². The summed E-state index contributed by atoms with van der Waals surface area (Å²) in [6.45, 7) is 1.96. The minimum Gasteiger partial charge on any atom is -0.466 e. The molecule has 0 spiro atoms. The van der Waals surface area contributed by atoms with Crippen LogP contribution in [-0.2, 0) is 20.7 Å². The van der Waals surface area contributed by atoms with E-state index in [1.54, 1.807) is 6.92 Å². The molecule has 2 aromatic rings. The molecule has 23 heavy (non-hydrogen) atoms. The zero-order valence-corrected chi connectivity index (χ0v) is 13.3. The Labute approximate surface area is 136 Å². The maximum atomic E-state index is 11.7. The number of hydrogen-bond acceptors (Lipinski definition) is 4. The number of fused-ring (bicyclic) bond motifs is 1. The van der Waals surface area contributed by atoms with Gasteiger partial charge in [0.1, 0.15) is 12.2 Å². The van der Waals surface area contributed by atoms with Crippen molar-refractivity contribution in [1.29, 1.82) is 0 Å². The summed E-state index contributed by atoms with van der Waals surface area (Å²) in [6.07, 6.45) is 0.163. The van der Waals surface area contributed by atoms with Gasteiger partial charge in [-0.2, -0.15) is 0 Å². The molecule has 0 amide bonds. The summed E-state index contributed by atoms with van der Waals surface area (Å²) < 4.78 is 4.73. The van der Waals surface area contributed by atoms with Crippen LogP contribution in [0.25, 0.3) is 10.8 Å². The number of aliphatic hydroxyl groups excluding tert-OH is 1. The number of aryl methyl sites for hydroxylation is 1. The number of rotatable bonds is 8. The zero-order chi connectivity index (χ0) is 16.7. The molecule has 4 heteroatoms. The molecular formula is C19H22O4. The van der Waals surface area contributed by atoms with Crippen LogP contribution < -0.4 is 0 Å². The molecule has 122 valence electrons. The van der Waals surface area contributed by atoms with E-state index in [1.807, 2.05) is 24.3 Å². The zero-order valence-electron chi connectivity index (χ0n) is 13.3. The van der Waals surface area contributed by atoms with Gasteiger partial charge >= 0.3 is 5.97 Å². The van der Waals surface area contributed by atoms with Crippen molar-refractivity contribution < 1.29 is 19.4 Å². The highest BCUT2D eigenvalue weighted by Crippen LogP contribution is 2.20. The number of esters is 1. The van der Waals surface area contributed by atoms with Gasteiger partial charge in [-0.3, -0.25) is 9.59 Å². The van der Waals surface area contributed by atoms with Crippen molar-refractivity contribution in [2.45, 2.75) is 38.7 Å². The summed E-state index contributed by atoms with van der Waals surface area (Å²) in [4.78, 5) is 22.9. The maximum Gasteiger partial charge on any atom is 0.313 e.